The first-order chi connectivity index (χ1) is 29.8. The van der Waals surface area contributed by atoms with Crippen LogP contribution in [-0.2, 0) is 0 Å². The molecule has 0 bridgehead atoms. The Hall–Kier alpha value is -7.94. The molecule has 0 spiro atoms. The predicted molar refractivity (Wildman–Crippen MR) is 256 cm³/mol. The predicted octanol–water partition coefficient (Wildman–Crippen LogP) is 16.2. The van der Waals surface area contributed by atoms with Gasteiger partial charge in [-0.15, -0.1) is 0 Å². The van der Waals surface area contributed by atoms with Crippen molar-refractivity contribution in [3.05, 3.63) is 231 Å². The van der Waals surface area contributed by atoms with Gasteiger partial charge in [0.05, 0.1) is 16.7 Å². The zero-order chi connectivity index (χ0) is 39.6. The lowest BCUT2D eigenvalue weighted by molar-refractivity contribution is 1.19. The lowest BCUT2D eigenvalue weighted by Gasteiger charge is -2.28. The molecule has 0 radical (unpaired) electrons. The Labute approximate surface area is 348 Å². The van der Waals surface area contributed by atoms with Crippen LogP contribution in [0.15, 0.2) is 231 Å². The maximum atomic E-state index is 2.50. The molecule has 2 nitrogen and oxygen atoms in total. The summed E-state index contributed by atoms with van der Waals surface area (Å²) in [6, 6.07) is 84.3. The normalized spacial score (nSPS) is 11.7. The van der Waals surface area contributed by atoms with E-state index in [4.69, 9.17) is 0 Å². The Bertz CT molecular complexity index is 3530. The average molecular weight is 763 g/mol. The van der Waals surface area contributed by atoms with E-state index < -0.39 is 0 Å². The molecule has 280 valence electrons. The second-order valence-corrected chi connectivity index (χ2v) is 15.7. The third-order valence-electron chi connectivity index (χ3n) is 12.3. The summed E-state index contributed by atoms with van der Waals surface area (Å²) >= 11 is 0. The number of hydrogen-bond donors (Lipinski definition) is 0. The molecular formula is C58H38N2. The van der Waals surface area contributed by atoms with E-state index >= 15 is 0 Å². The molecule has 0 saturated carbocycles. The van der Waals surface area contributed by atoms with Crippen molar-refractivity contribution in [2.45, 2.75) is 0 Å². The van der Waals surface area contributed by atoms with Gasteiger partial charge in [-0.3, -0.25) is 0 Å². The number of nitrogens with zero attached hydrogens (tertiary/aromatic N) is 2. The highest BCUT2D eigenvalue weighted by Crippen LogP contribution is 2.48. The van der Waals surface area contributed by atoms with Crippen molar-refractivity contribution < 1.29 is 0 Å². The molecule has 12 rings (SSSR count). The van der Waals surface area contributed by atoms with Crippen molar-refractivity contribution in [3.63, 3.8) is 0 Å². The highest BCUT2D eigenvalue weighted by Gasteiger charge is 2.24. The quantitative estimate of drug-likeness (QED) is 0.153. The van der Waals surface area contributed by atoms with Gasteiger partial charge >= 0.3 is 0 Å². The fraction of sp³-hybridized carbons (Fsp3) is 0. The minimum absolute atomic E-state index is 1.10. The number of benzene rings is 11. The summed E-state index contributed by atoms with van der Waals surface area (Å²) < 4.78 is 2.50. The van der Waals surface area contributed by atoms with Crippen LogP contribution in [0.25, 0.3) is 92.8 Å². The number of fused-ring (bicyclic) bond motifs is 11. The maximum Gasteiger partial charge on any atom is 0.0640 e. The van der Waals surface area contributed by atoms with E-state index in [1.54, 1.807) is 0 Å². The van der Waals surface area contributed by atoms with Crippen LogP contribution >= 0.6 is 0 Å². The monoisotopic (exact) mass is 762 g/mol. The summed E-state index contributed by atoms with van der Waals surface area (Å²) in [5.74, 6) is 0. The van der Waals surface area contributed by atoms with Crippen LogP contribution < -0.4 is 4.90 Å². The second-order valence-electron chi connectivity index (χ2n) is 15.7. The SMILES string of the molecule is c1ccc(-c2ccc(-n3c4cc(-c5ccccc5)ccc4c4c(N(c5ccccc5)c5ccc6c7ccccc7c7ccccc7c6c5)cc5ccccc5c43)cc2)cc1. The fourth-order valence-corrected chi connectivity index (χ4v) is 9.59. The molecule has 2 heteroatoms. The van der Waals surface area contributed by atoms with Crippen LogP contribution in [-0.4, -0.2) is 4.57 Å². The first-order valence-corrected chi connectivity index (χ1v) is 20.7. The summed E-state index contributed by atoms with van der Waals surface area (Å²) in [5.41, 5.74) is 11.6. The average Bonchev–Trinajstić information content (AvgIpc) is 3.68. The Morgan fingerprint density at radius 3 is 1.43 bits per heavy atom. The lowest BCUT2D eigenvalue weighted by Crippen LogP contribution is -2.10. The molecular weight excluding hydrogens is 725 g/mol. The number of hydrogen-bond acceptors (Lipinski definition) is 1. The minimum atomic E-state index is 1.10. The molecule has 0 N–H and O–H groups in total. The second kappa shape index (κ2) is 13.9. The number of rotatable bonds is 6. The van der Waals surface area contributed by atoms with E-state index in [1.807, 2.05) is 0 Å². The molecule has 0 fully saturated rings. The van der Waals surface area contributed by atoms with Crippen LogP contribution in [0.3, 0.4) is 0 Å². The van der Waals surface area contributed by atoms with Crippen LogP contribution in [0.1, 0.15) is 0 Å². The van der Waals surface area contributed by atoms with E-state index in [9.17, 15) is 0 Å². The Kier molecular flexibility index (Phi) is 7.89. The molecule has 0 aliphatic heterocycles. The molecule has 0 atom stereocenters. The van der Waals surface area contributed by atoms with Crippen molar-refractivity contribution >= 4 is 82.0 Å². The molecule has 1 heterocycles. The van der Waals surface area contributed by atoms with Gasteiger partial charge in [0.15, 0.2) is 0 Å². The molecule has 0 saturated heterocycles. The fourth-order valence-electron chi connectivity index (χ4n) is 9.59. The zero-order valence-electron chi connectivity index (χ0n) is 32.8. The first kappa shape index (κ1) is 34.1. The summed E-state index contributed by atoms with van der Waals surface area (Å²) in [4.78, 5) is 2.48. The van der Waals surface area contributed by atoms with Gasteiger partial charge < -0.3 is 9.47 Å². The van der Waals surface area contributed by atoms with Crippen molar-refractivity contribution in [1.82, 2.24) is 4.57 Å². The third-order valence-corrected chi connectivity index (χ3v) is 12.3. The summed E-state index contributed by atoms with van der Waals surface area (Å²) in [5, 5.41) is 12.4. The van der Waals surface area contributed by atoms with E-state index in [-0.39, 0.29) is 0 Å². The van der Waals surface area contributed by atoms with Crippen molar-refractivity contribution in [2.24, 2.45) is 0 Å². The molecule has 0 aliphatic carbocycles. The highest BCUT2D eigenvalue weighted by molar-refractivity contribution is 6.27. The molecule has 0 unspecified atom stereocenters. The van der Waals surface area contributed by atoms with Gasteiger partial charge in [-0.2, -0.15) is 0 Å². The summed E-state index contributed by atoms with van der Waals surface area (Å²) in [6.45, 7) is 0. The van der Waals surface area contributed by atoms with Gasteiger partial charge in [0.1, 0.15) is 0 Å². The standard InChI is InChI=1S/C58H38N2/c1-4-16-39(17-5-1)41-28-31-45(32-29-41)60-55-36-42(40-18-6-2-7-19-40)30-34-53(55)57-56(37-43-20-10-11-23-47(43)58(57)60)59(44-21-8-3-9-22-44)46-33-35-52-50-26-13-12-24-48(50)49-25-14-15-27-51(49)54(52)38-46/h1-38H. The van der Waals surface area contributed by atoms with Gasteiger partial charge in [-0.25, -0.2) is 0 Å². The van der Waals surface area contributed by atoms with Crippen molar-refractivity contribution in [3.8, 4) is 27.9 Å². The molecule has 12 aromatic rings. The third kappa shape index (κ3) is 5.42. The smallest absolute Gasteiger partial charge is 0.0640 e. The Morgan fingerprint density at radius 2 is 0.783 bits per heavy atom. The van der Waals surface area contributed by atoms with Crippen molar-refractivity contribution in [2.75, 3.05) is 4.90 Å². The maximum absolute atomic E-state index is 2.50. The zero-order valence-corrected chi connectivity index (χ0v) is 32.8. The first-order valence-electron chi connectivity index (χ1n) is 20.7. The molecule has 0 aliphatic rings. The lowest BCUT2D eigenvalue weighted by atomic mass is 9.93. The van der Waals surface area contributed by atoms with E-state index in [0.717, 1.165) is 22.7 Å². The largest absolute Gasteiger partial charge is 0.310 e. The van der Waals surface area contributed by atoms with Gasteiger partial charge in [-0.05, 0) is 108 Å². The molecule has 11 aromatic carbocycles. The van der Waals surface area contributed by atoms with Crippen LogP contribution in [0.2, 0.25) is 0 Å². The van der Waals surface area contributed by atoms with Gasteiger partial charge in [0.25, 0.3) is 0 Å². The molecule has 1 aromatic heterocycles. The van der Waals surface area contributed by atoms with Gasteiger partial charge in [0.2, 0.25) is 0 Å². The minimum Gasteiger partial charge on any atom is -0.310 e. The van der Waals surface area contributed by atoms with Crippen LogP contribution in [0.5, 0.6) is 0 Å². The molecule has 0 amide bonds. The van der Waals surface area contributed by atoms with E-state index in [0.29, 0.717) is 0 Å². The Morgan fingerprint density at radius 1 is 0.300 bits per heavy atom. The summed E-state index contributed by atoms with van der Waals surface area (Å²) in [7, 11) is 0. The van der Waals surface area contributed by atoms with E-state index in [2.05, 4.69) is 240 Å². The number of anilines is 3. The highest BCUT2D eigenvalue weighted by atomic mass is 15.1. The Balaban J connectivity index is 1.19. The van der Waals surface area contributed by atoms with Crippen LogP contribution in [0.4, 0.5) is 17.1 Å². The number of para-hydroxylation sites is 1. The van der Waals surface area contributed by atoms with Gasteiger partial charge in [-0.1, -0.05) is 182 Å². The molecule has 60 heavy (non-hydrogen) atoms. The van der Waals surface area contributed by atoms with E-state index in [1.165, 1.54) is 87.1 Å². The van der Waals surface area contributed by atoms with Crippen LogP contribution in [0, 0.1) is 0 Å². The van der Waals surface area contributed by atoms with Gasteiger partial charge in [0, 0.05) is 33.2 Å². The summed E-state index contributed by atoms with van der Waals surface area (Å²) in [6.07, 6.45) is 0. The van der Waals surface area contributed by atoms with Crippen molar-refractivity contribution in [1.29, 1.82) is 0 Å². The number of aromatic nitrogens is 1. The topological polar surface area (TPSA) is 8.17 Å².